The molecule has 2 fully saturated rings. The van der Waals surface area contributed by atoms with Crippen LogP contribution in [-0.4, -0.2) is 66.7 Å². The summed E-state index contributed by atoms with van der Waals surface area (Å²) < 4.78 is 24.8. The Morgan fingerprint density at radius 3 is 2.79 bits per heavy atom. The number of esters is 1. The van der Waals surface area contributed by atoms with Gasteiger partial charge < -0.3 is 20.5 Å². The molecule has 1 aromatic heterocycles. The molecule has 180 valence electrons. The summed E-state index contributed by atoms with van der Waals surface area (Å²) in [5.74, 6) is -0.462. The Bertz CT molecular complexity index is 1130. The monoisotopic (exact) mass is 505 g/mol. The first kappa shape index (κ1) is 23.4. The fourth-order valence-electron chi connectivity index (χ4n) is 4.94. The fourth-order valence-corrected chi connectivity index (χ4v) is 5.80. The van der Waals surface area contributed by atoms with Crippen molar-refractivity contribution in [1.82, 2.24) is 15.2 Å². The number of carbonyl (C=O) groups is 1. The molecule has 0 radical (unpaired) electrons. The number of nitrogens with one attached hydrogen (secondary N) is 1. The smallest absolute Gasteiger partial charge is 0.338 e. The number of nitrogens with zero attached hydrogens (tertiary/aromatic N) is 3. The predicted molar refractivity (Wildman–Crippen MR) is 127 cm³/mol. The quantitative estimate of drug-likeness (QED) is 0.602. The highest BCUT2D eigenvalue weighted by atomic mass is 35.5. The molecular formula is C23H25ClFN5O3S. The molecule has 5 rings (SSSR count). The van der Waals surface area contributed by atoms with Crippen molar-refractivity contribution in [2.24, 2.45) is 10.7 Å². The molecule has 0 spiro atoms. The van der Waals surface area contributed by atoms with Crippen LogP contribution >= 0.6 is 22.9 Å². The molecule has 1 aromatic carbocycles. The van der Waals surface area contributed by atoms with Crippen LogP contribution in [0.3, 0.4) is 0 Å². The molecule has 34 heavy (non-hydrogen) atoms. The largest absolute Gasteiger partial charge is 0.466 e. The van der Waals surface area contributed by atoms with Crippen LogP contribution in [0.1, 0.15) is 29.5 Å². The van der Waals surface area contributed by atoms with E-state index in [-0.39, 0.29) is 23.1 Å². The van der Waals surface area contributed by atoms with Crippen LogP contribution in [0, 0.1) is 5.82 Å². The van der Waals surface area contributed by atoms with E-state index in [9.17, 15) is 9.18 Å². The summed E-state index contributed by atoms with van der Waals surface area (Å²) in [6, 6.07) is 3.72. The van der Waals surface area contributed by atoms with Gasteiger partial charge >= 0.3 is 5.97 Å². The van der Waals surface area contributed by atoms with Crippen molar-refractivity contribution in [2.45, 2.75) is 37.0 Å². The molecule has 0 aliphatic carbocycles. The highest BCUT2D eigenvalue weighted by Gasteiger charge is 2.41. The second-order valence-corrected chi connectivity index (χ2v) is 9.94. The highest BCUT2D eigenvalue weighted by Crippen LogP contribution is 2.38. The van der Waals surface area contributed by atoms with Gasteiger partial charge in [-0.3, -0.25) is 9.89 Å². The van der Waals surface area contributed by atoms with E-state index < -0.39 is 17.8 Å². The van der Waals surface area contributed by atoms with Gasteiger partial charge in [0.1, 0.15) is 11.9 Å². The molecule has 2 bridgehead atoms. The minimum absolute atomic E-state index is 0.127. The maximum absolute atomic E-state index is 13.8. The minimum atomic E-state index is -0.779. The van der Waals surface area contributed by atoms with Crippen LogP contribution in [0.4, 0.5) is 4.39 Å². The average molecular weight is 506 g/mol. The minimum Gasteiger partial charge on any atom is -0.466 e. The lowest BCUT2D eigenvalue weighted by molar-refractivity contribution is -0.136. The van der Waals surface area contributed by atoms with Crippen LogP contribution in [0.25, 0.3) is 0 Å². The molecule has 8 nitrogen and oxygen atoms in total. The number of aromatic nitrogens is 1. The Labute approximate surface area is 205 Å². The first-order valence-electron chi connectivity index (χ1n) is 11.0. The van der Waals surface area contributed by atoms with Gasteiger partial charge in [-0.25, -0.2) is 14.2 Å². The zero-order valence-electron chi connectivity index (χ0n) is 18.5. The molecule has 2 saturated heterocycles. The van der Waals surface area contributed by atoms with Crippen molar-refractivity contribution in [3.05, 3.63) is 62.5 Å². The molecule has 3 aliphatic rings. The number of fused-ring (bicyclic) bond motifs is 2. The Kier molecular flexibility index (Phi) is 6.67. The van der Waals surface area contributed by atoms with Crippen LogP contribution in [0.15, 0.2) is 46.0 Å². The predicted octanol–water partition coefficient (Wildman–Crippen LogP) is 2.64. The van der Waals surface area contributed by atoms with Crippen LogP contribution in [-0.2, 0) is 14.3 Å². The van der Waals surface area contributed by atoms with Gasteiger partial charge in [0.15, 0.2) is 10.8 Å². The number of thiazole rings is 1. The standard InChI is InChI=1S/C23H25ClFN5O3S/c1-32-23(31)19-18(9-30-14-7-13(26)8-15(30)11-33-10-14)28-21(22-27-4-5-34-22)29-20(19)16-3-2-12(25)6-17(16)24/h2-6,13-15,20H,7-11,26H2,1H3,(H,28,29)/t13?,14?,15?,20-/m0/s1. The number of aliphatic imine (C=N–C) groups is 1. The molecule has 3 N–H and O–H groups in total. The summed E-state index contributed by atoms with van der Waals surface area (Å²) in [5, 5.41) is 6.06. The summed E-state index contributed by atoms with van der Waals surface area (Å²) in [6.45, 7) is 1.63. The van der Waals surface area contributed by atoms with Crippen LogP contribution in [0.5, 0.6) is 0 Å². The van der Waals surface area contributed by atoms with E-state index in [0.29, 0.717) is 47.4 Å². The van der Waals surface area contributed by atoms with Crippen molar-refractivity contribution in [2.75, 3.05) is 26.9 Å². The van der Waals surface area contributed by atoms with Crippen LogP contribution < -0.4 is 11.1 Å². The first-order chi connectivity index (χ1) is 16.4. The number of methoxy groups -OCH3 is 1. The number of piperidine rings is 1. The van der Waals surface area contributed by atoms with Gasteiger partial charge in [-0.2, -0.15) is 0 Å². The van der Waals surface area contributed by atoms with Crippen molar-refractivity contribution in [3.8, 4) is 0 Å². The van der Waals surface area contributed by atoms with E-state index in [2.05, 4.69) is 15.2 Å². The Balaban J connectivity index is 1.60. The van der Waals surface area contributed by atoms with E-state index in [0.717, 1.165) is 12.8 Å². The van der Waals surface area contributed by atoms with E-state index in [1.54, 1.807) is 12.3 Å². The molecular weight excluding hydrogens is 481 g/mol. The van der Waals surface area contributed by atoms with E-state index in [1.165, 1.54) is 30.6 Å². The van der Waals surface area contributed by atoms with Crippen molar-refractivity contribution < 1.29 is 18.7 Å². The Morgan fingerprint density at radius 2 is 2.15 bits per heavy atom. The molecule has 3 atom stereocenters. The topological polar surface area (TPSA) is 102 Å². The van der Waals surface area contributed by atoms with Crippen LogP contribution in [0.2, 0.25) is 5.02 Å². The molecule has 4 heterocycles. The normalized spacial score (nSPS) is 27.2. The molecule has 2 aromatic rings. The van der Waals surface area contributed by atoms with Gasteiger partial charge in [0.25, 0.3) is 0 Å². The number of nitrogens with two attached hydrogens (primary N) is 1. The number of amidine groups is 1. The number of ether oxygens (including phenoxy) is 2. The van der Waals surface area contributed by atoms with Crippen molar-refractivity contribution in [1.29, 1.82) is 0 Å². The SMILES string of the molecule is COC(=O)C1=C(CN2C3COCC2CC(N)C3)NC(c2nccs2)=N[C@H]1c1ccc(F)cc1Cl. The van der Waals surface area contributed by atoms with Gasteiger partial charge in [0, 0.05) is 52.5 Å². The fraction of sp³-hybridized carbons (Fsp3) is 0.435. The van der Waals surface area contributed by atoms with Gasteiger partial charge in [-0.1, -0.05) is 17.7 Å². The number of hydrogen-bond donors (Lipinski definition) is 2. The number of carbonyl (C=O) groups excluding carboxylic acids is 1. The molecule has 0 saturated carbocycles. The lowest BCUT2D eigenvalue weighted by atomic mass is 9.89. The molecule has 0 amide bonds. The Hall–Kier alpha value is -2.37. The van der Waals surface area contributed by atoms with Crippen molar-refractivity contribution >= 4 is 34.7 Å². The molecule has 11 heteroatoms. The number of halogens is 2. The average Bonchev–Trinajstić information content (AvgIpc) is 3.34. The third-order valence-corrected chi connectivity index (χ3v) is 7.58. The third-order valence-electron chi connectivity index (χ3n) is 6.47. The summed E-state index contributed by atoms with van der Waals surface area (Å²) in [5.41, 5.74) is 7.79. The maximum Gasteiger partial charge on any atom is 0.338 e. The maximum atomic E-state index is 13.8. The van der Waals surface area contributed by atoms with Gasteiger partial charge in [-0.05, 0) is 25.0 Å². The third kappa shape index (κ3) is 4.48. The zero-order valence-corrected chi connectivity index (χ0v) is 20.1. The first-order valence-corrected chi connectivity index (χ1v) is 12.3. The number of rotatable bonds is 5. The summed E-state index contributed by atoms with van der Waals surface area (Å²) in [7, 11) is 1.33. The lowest BCUT2D eigenvalue weighted by Gasteiger charge is -2.48. The summed E-state index contributed by atoms with van der Waals surface area (Å²) in [4.78, 5) is 24.6. The van der Waals surface area contributed by atoms with Crippen molar-refractivity contribution in [3.63, 3.8) is 0 Å². The van der Waals surface area contributed by atoms with Gasteiger partial charge in [-0.15, -0.1) is 11.3 Å². The second kappa shape index (κ2) is 9.71. The second-order valence-electron chi connectivity index (χ2n) is 8.64. The van der Waals surface area contributed by atoms with E-state index in [4.69, 9.17) is 31.8 Å². The lowest BCUT2D eigenvalue weighted by Crippen LogP contribution is -2.60. The van der Waals surface area contributed by atoms with Gasteiger partial charge in [0.2, 0.25) is 0 Å². The molecule has 2 unspecified atom stereocenters. The number of benzene rings is 1. The zero-order chi connectivity index (χ0) is 23.8. The van der Waals surface area contributed by atoms with E-state index >= 15 is 0 Å². The summed E-state index contributed by atoms with van der Waals surface area (Å²) in [6.07, 6.45) is 3.33. The number of hydrogen-bond acceptors (Lipinski definition) is 9. The Morgan fingerprint density at radius 1 is 1.38 bits per heavy atom. The molecule has 3 aliphatic heterocycles. The van der Waals surface area contributed by atoms with Gasteiger partial charge in [0.05, 0.1) is 25.9 Å². The highest BCUT2D eigenvalue weighted by molar-refractivity contribution is 7.11. The van der Waals surface area contributed by atoms with E-state index in [1.807, 2.05) is 5.38 Å². The summed E-state index contributed by atoms with van der Waals surface area (Å²) >= 11 is 7.85. The number of morpholine rings is 1.